The summed E-state index contributed by atoms with van der Waals surface area (Å²) in [5.74, 6) is 0.603. The molecule has 2 amide bonds. The quantitative estimate of drug-likeness (QED) is 0.389. The molecule has 1 saturated heterocycles. The lowest BCUT2D eigenvalue weighted by Gasteiger charge is -2.32. The van der Waals surface area contributed by atoms with Crippen LogP contribution >= 0.6 is 0 Å². The summed E-state index contributed by atoms with van der Waals surface area (Å²) in [7, 11) is 0. The molecule has 1 aliphatic heterocycles. The number of likely N-dealkylation sites (tertiary alicyclic amines) is 1. The van der Waals surface area contributed by atoms with E-state index >= 15 is 0 Å². The average molecular weight is 474 g/mol. The number of hydrogen-bond acceptors (Lipinski definition) is 6. The summed E-state index contributed by atoms with van der Waals surface area (Å²) >= 11 is 0. The number of hydrogen-bond donors (Lipinski definition) is 4. The smallest absolute Gasteiger partial charge is 0.255 e. The lowest BCUT2D eigenvalue weighted by atomic mass is 9.89. The van der Waals surface area contributed by atoms with Gasteiger partial charge in [0, 0.05) is 48.3 Å². The second-order valence-electron chi connectivity index (χ2n) is 8.80. The number of carbonyl (C=O) groups excluding carboxylic acids is 2. The van der Waals surface area contributed by atoms with Gasteiger partial charge in [-0.1, -0.05) is 18.2 Å². The SMILES string of the molecule is Cc1ccc(C(=O)N2CCC(c3ccc(N)cc3)CC2)cc1NC(=O)c1ccnc(NCCO)c1. The Balaban J connectivity index is 1.41. The summed E-state index contributed by atoms with van der Waals surface area (Å²) in [6.45, 7) is 3.58. The largest absolute Gasteiger partial charge is 0.399 e. The predicted octanol–water partition coefficient (Wildman–Crippen LogP) is 3.65. The summed E-state index contributed by atoms with van der Waals surface area (Å²) in [5, 5.41) is 14.8. The van der Waals surface area contributed by atoms with Gasteiger partial charge in [0.1, 0.15) is 5.82 Å². The Bertz CT molecular complexity index is 1190. The van der Waals surface area contributed by atoms with E-state index in [1.54, 1.807) is 18.2 Å². The minimum Gasteiger partial charge on any atom is -0.399 e. The van der Waals surface area contributed by atoms with E-state index in [0.29, 0.717) is 48.2 Å². The number of anilines is 3. The highest BCUT2D eigenvalue weighted by atomic mass is 16.3. The highest BCUT2D eigenvalue weighted by Crippen LogP contribution is 2.29. The zero-order valence-electron chi connectivity index (χ0n) is 19.8. The van der Waals surface area contributed by atoms with Crippen LogP contribution < -0.4 is 16.4 Å². The Kier molecular flexibility index (Phi) is 7.62. The lowest BCUT2D eigenvalue weighted by molar-refractivity contribution is 0.0712. The van der Waals surface area contributed by atoms with Gasteiger partial charge in [-0.05, 0) is 73.2 Å². The Hall–Kier alpha value is -3.91. The number of aliphatic hydroxyl groups is 1. The second kappa shape index (κ2) is 11.0. The molecule has 1 aromatic heterocycles. The van der Waals surface area contributed by atoms with Crippen molar-refractivity contribution in [2.24, 2.45) is 0 Å². The van der Waals surface area contributed by atoms with Crippen LogP contribution in [-0.2, 0) is 0 Å². The Labute approximate surface area is 205 Å². The van der Waals surface area contributed by atoms with Crippen molar-refractivity contribution < 1.29 is 14.7 Å². The van der Waals surface area contributed by atoms with Crippen molar-refractivity contribution in [3.63, 3.8) is 0 Å². The number of aliphatic hydroxyl groups excluding tert-OH is 1. The number of nitrogen functional groups attached to an aromatic ring is 1. The van der Waals surface area contributed by atoms with Crippen molar-refractivity contribution in [3.05, 3.63) is 83.0 Å². The first kappa shape index (κ1) is 24.2. The molecular formula is C27H31N5O3. The van der Waals surface area contributed by atoms with Gasteiger partial charge in [-0.15, -0.1) is 0 Å². The molecule has 1 aliphatic rings. The zero-order chi connectivity index (χ0) is 24.8. The fourth-order valence-electron chi connectivity index (χ4n) is 4.30. The van der Waals surface area contributed by atoms with Gasteiger partial charge in [-0.25, -0.2) is 4.98 Å². The third kappa shape index (κ3) is 5.96. The molecule has 5 N–H and O–H groups in total. The van der Waals surface area contributed by atoms with Gasteiger partial charge >= 0.3 is 0 Å². The zero-order valence-corrected chi connectivity index (χ0v) is 19.8. The summed E-state index contributed by atoms with van der Waals surface area (Å²) in [6.07, 6.45) is 3.34. The van der Waals surface area contributed by atoms with Crippen molar-refractivity contribution in [3.8, 4) is 0 Å². The maximum absolute atomic E-state index is 13.2. The van der Waals surface area contributed by atoms with Crippen molar-refractivity contribution >= 4 is 29.0 Å². The number of pyridine rings is 1. The van der Waals surface area contributed by atoms with Crippen LogP contribution in [0.1, 0.15) is 50.6 Å². The van der Waals surface area contributed by atoms with E-state index in [2.05, 4.69) is 27.8 Å². The maximum atomic E-state index is 13.2. The fraction of sp³-hybridized carbons (Fsp3) is 0.296. The van der Waals surface area contributed by atoms with Crippen LogP contribution in [0.4, 0.5) is 17.2 Å². The number of aromatic nitrogens is 1. The number of carbonyl (C=O) groups is 2. The number of piperidine rings is 1. The Morgan fingerprint density at radius 2 is 1.80 bits per heavy atom. The van der Waals surface area contributed by atoms with E-state index in [9.17, 15) is 9.59 Å². The number of nitrogens with one attached hydrogen (secondary N) is 2. The lowest BCUT2D eigenvalue weighted by Crippen LogP contribution is -2.38. The third-order valence-corrected chi connectivity index (χ3v) is 6.36. The summed E-state index contributed by atoms with van der Waals surface area (Å²) in [4.78, 5) is 32.1. The summed E-state index contributed by atoms with van der Waals surface area (Å²) < 4.78 is 0. The summed E-state index contributed by atoms with van der Waals surface area (Å²) in [5.41, 5.74) is 10.3. The molecular weight excluding hydrogens is 442 g/mol. The molecule has 182 valence electrons. The van der Waals surface area contributed by atoms with Crippen LogP contribution in [0.25, 0.3) is 0 Å². The first-order chi connectivity index (χ1) is 16.9. The second-order valence-corrected chi connectivity index (χ2v) is 8.80. The van der Waals surface area contributed by atoms with Crippen molar-refractivity contribution in [2.75, 3.05) is 42.6 Å². The Morgan fingerprint density at radius 1 is 1.06 bits per heavy atom. The molecule has 0 aliphatic carbocycles. The normalized spacial score (nSPS) is 13.9. The number of aryl methyl sites for hydroxylation is 1. The van der Waals surface area contributed by atoms with Crippen molar-refractivity contribution in [2.45, 2.75) is 25.7 Å². The summed E-state index contributed by atoms with van der Waals surface area (Å²) in [6, 6.07) is 16.6. The van der Waals surface area contributed by atoms with E-state index < -0.39 is 0 Å². The molecule has 2 aromatic carbocycles. The average Bonchev–Trinajstić information content (AvgIpc) is 2.89. The molecule has 3 aromatic rings. The van der Waals surface area contributed by atoms with Gasteiger partial charge in [-0.3, -0.25) is 9.59 Å². The molecule has 4 rings (SSSR count). The monoisotopic (exact) mass is 473 g/mol. The molecule has 0 radical (unpaired) electrons. The standard InChI is InChI=1S/C27H31N5O3/c1-18-2-3-22(16-24(18)31-26(34)21-8-11-29-25(17-21)30-12-15-33)27(35)32-13-9-20(10-14-32)19-4-6-23(28)7-5-19/h2-8,11,16-17,20,33H,9-10,12-15,28H2,1H3,(H,29,30)(H,31,34). The van der Waals surface area contributed by atoms with Crippen LogP contribution in [0.3, 0.4) is 0 Å². The third-order valence-electron chi connectivity index (χ3n) is 6.36. The number of amides is 2. The van der Waals surface area contributed by atoms with Crippen LogP contribution in [0.15, 0.2) is 60.8 Å². The number of nitrogens with two attached hydrogens (primary N) is 1. The van der Waals surface area contributed by atoms with E-state index in [4.69, 9.17) is 10.8 Å². The minimum atomic E-state index is -0.295. The Morgan fingerprint density at radius 3 is 2.51 bits per heavy atom. The first-order valence-electron chi connectivity index (χ1n) is 11.8. The number of rotatable bonds is 7. The van der Waals surface area contributed by atoms with Gasteiger partial charge in [-0.2, -0.15) is 0 Å². The number of benzene rings is 2. The highest BCUT2D eigenvalue weighted by Gasteiger charge is 2.25. The van der Waals surface area contributed by atoms with E-state index in [0.717, 1.165) is 24.1 Å². The molecule has 35 heavy (non-hydrogen) atoms. The van der Waals surface area contributed by atoms with Gasteiger partial charge < -0.3 is 26.4 Å². The van der Waals surface area contributed by atoms with E-state index in [1.807, 2.05) is 36.1 Å². The van der Waals surface area contributed by atoms with Gasteiger partial charge in [0.15, 0.2) is 0 Å². The van der Waals surface area contributed by atoms with Crippen molar-refractivity contribution in [1.29, 1.82) is 0 Å². The molecule has 1 fully saturated rings. The van der Waals surface area contributed by atoms with Crippen LogP contribution in [0.2, 0.25) is 0 Å². The molecule has 0 bridgehead atoms. The maximum Gasteiger partial charge on any atom is 0.255 e. The van der Waals surface area contributed by atoms with Crippen molar-refractivity contribution in [1.82, 2.24) is 9.88 Å². The molecule has 8 heteroatoms. The van der Waals surface area contributed by atoms with Crippen LogP contribution in [0, 0.1) is 6.92 Å². The molecule has 0 saturated carbocycles. The van der Waals surface area contributed by atoms with Gasteiger partial charge in [0.05, 0.1) is 6.61 Å². The molecule has 0 spiro atoms. The molecule has 0 unspecified atom stereocenters. The fourth-order valence-corrected chi connectivity index (χ4v) is 4.30. The molecule has 0 atom stereocenters. The van der Waals surface area contributed by atoms with Crippen LogP contribution in [-0.4, -0.2) is 53.0 Å². The van der Waals surface area contributed by atoms with Gasteiger partial charge in [0.25, 0.3) is 11.8 Å². The molecule has 2 heterocycles. The van der Waals surface area contributed by atoms with E-state index in [1.165, 1.54) is 11.8 Å². The van der Waals surface area contributed by atoms with Gasteiger partial charge in [0.2, 0.25) is 0 Å². The molecule has 8 nitrogen and oxygen atoms in total. The highest BCUT2D eigenvalue weighted by molar-refractivity contribution is 6.06. The minimum absolute atomic E-state index is 0.0306. The predicted molar refractivity (Wildman–Crippen MR) is 138 cm³/mol. The topological polar surface area (TPSA) is 121 Å². The first-order valence-corrected chi connectivity index (χ1v) is 11.8. The number of nitrogens with zero attached hydrogens (tertiary/aromatic N) is 2. The van der Waals surface area contributed by atoms with E-state index in [-0.39, 0.29) is 18.4 Å². The van der Waals surface area contributed by atoms with Crippen LogP contribution in [0.5, 0.6) is 0 Å².